The van der Waals surface area contributed by atoms with Gasteiger partial charge in [0.15, 0.2) is 0 Å². The Kier molecular flexibility index (Phi) is 5.11. The molecule has 3 aromatic carbocycles. The van der Waals surface area contributed by atoms with Crippen LogP contribution in [-0.2, 0) is 0 Å². The van der Waals surface area contributed by atoms with Crippen LogP contribution < -0.4 is 25.9 Å². The van der Waals surface area contributed by atoms with E-state index in [0.717, 1.165) is 5.75 Å². The van der Waals surface area contributed by atoms with Gasteiger partial charge in [-0.15, -0.1) is 0 Å². The van der Waals surface area contributed by atoms with Crippen LogP contribution in [0.15, 0.2) is 84.9 Å². The van der Waals surface area contributed by atoms with Gasteiger partial charge in [0, 0.05) is 0 Å². The molecule has 3 aromatic rings. The van der Waals surface area contributed by atoms with E-state index in [1.165, 1.54) is 12.7 Å². The van der Waals surface area contributed by atoms with Gasteiger partial charge in [-0.05, 0) is 0 Å². The van der Waals surface area contributed by atoms with Gasteiger partial charge < -0.3 is 0 Å². The van der Waals surface area contributed by atoms with Crippen molar-refractivity contribution in [2.45, 2.75) is 13.0 Å². The maximum atomic E-state index is 6.02. The molecule has 0 heterocycles. The average Bonchev–Trinajstić information content (AvgIpc) is 2.58. The molecule has 112 valence electrons. The average molecular weight is 401 g/mol. The molecule has 2 heteroatoms. The Bertz CT molecular complexity index is 693. The number of halogens is 1. The molecule has 0 saturated carbocycles. The molecule has 1 nitrogen and oxygen atoms in total. The van der Waals surface area contributed by atoms with Crippen LogP contribution in [0.1, 0.15) is 18.6 Å². The monoisotopic (exact) mass is 401 g/mol. The second kappa shape index (κ2) is 7.45. The number of ether oxygens (including phenoxy) is 1. The Morgan fingerprint density at radius 1 is 0.682 bits per heavy atom. The maximum absolute atomic E-state index is 6.02. The summed E-state index contributed by atoms with van der Waals surface area (Å²) >= 11 is -0.105. The summed E-state index contributed by atoms with van der Waals surface area (Å²) in [5.41, 5.74) is 1.20. The Hall–Kier alpha value is -1.81. The fourth-order valence-corrected chi connectivity index (χ4v) is 4.39. The zero-order chi connectivity index (χ0) is 15.2. The van der Waals surface area contributed by atoms with Crippen LogP contribution in [0.2, 0.25) is 0 Å². The van der Waals surface area contributed by atoms with Gasteiger partial charge in [0.2, 0.25) is 0 Å². The number of hydrogen-bond donors (Lipinski definition) is 0. The molecule has 0 spiro atoms. The molecule has 0 aliphatic carbocycles. The van der Waals surface area contributed by atoms with Crippen molar-refractivity contribution in [3.63, 3.8) is 0 Å². The van der Waals surface area contributed by atoms with Gasteiger partial charge in [0.05, 0.1) is 0 Å². The summed E-state index contributed by atoms with van der Waals surface area (Å²) in [6, 6.07) is 29.5. The molecule has 0 fully saturated rings. The topological polar surface area (TPSA) is 9.23 Å². The minimum atomic E-state index is -0.105. The molecule has 3 rings (SSSR count). The van der Waals surface area contributed by atoms with Crippen molar-refractivity contribution >= 4 is 0 Å². The SMILES string of the molecule is CC(Oc1ccc([I-]c2ccccc2)cc1)c1ccccc1. The number of hydrogen-bond acceptors (Lipinski definition) is 1. The predicted octanol–water partition coefficient (Wildman–Crippen LogP) is 1.95. The van der Waals surface area contributed by atoms with E-state index in [-0.39, 0.29) is 27.3 Å². The predicted molar refractivity (Wildman–Crippen MR) is 85.8 cm³/mol. The van der Waals surface area contributed by atoms with E-state index >= 15 is 0 Å². The molecule has 0 bridgehead atoms. The van der Waals surface area contributed by atoms with E-state index in [9.17, 15) is 0 Å². The Morgan fingerprint density at radius 2 is 1.23 bits per heavy atom. The molecule has 0 saturated heterocycles. The van der Waals surface area contributed by atoms with Crippen molar-refractivity contribution in [3.05, 3.63) is 97.6 Å². The zero-order valence-corrected chi connectivity index (χ0v) is 14.6. The van der Waals surface area contributed by atoms with Gasteiger partial charge in [-0.1, -0.05) is 0 Å². The number of rotatable bonds is 5. The second-order valence-electron chi connectivity index (χ2n) is 5.01. The van der Waals surface area contributed by atoms with Crippen molar-refractivity contribution in [1.29, 1.82) is 0 Å². The van der Waals surface area contributed by atoms with Crippen molar-refractivity contribution in [1.82, 2.24) is 0 Å². The van der Waals surface area contributed by atoms with Crippen LogP contribution >= 0.6 is 0 Å². The quantitative estimate of drug-likeness (QED) is 0.594. The van der Waals surface area contributed by atoms with Gasteiger partial charge >= 0.3 is 142 Å². The van der Waals surface area contributed by atoms with Crippen LogP contribution in [0.5, 0.6) is 5.75 Å². The standard InChI is InChI=1S/C20H18IO/c1-16(17-8-4-2-5-9-17)22-20-14-12-19(13-15-20)21-18-10-6-3-7-11-18/h2-16H,1H3/q-1. The van der Waals surface area contributed by atoms with Gasteiger partial charge in [0.25, 0.3) is 0 Å². The van der Waals surface area contributed by atoms with E-state index in [2.05, 4.69) is 73.7 Å². The first-order chi connectivity index (χ1) is 10.8. The van der Waals surface area contributed by atoms with E-state index < -0.39 is 0 Å². The molecule has 0 aliphatic rings. The molecule has 0 radical (unpaired) electrons. The fraction of sp³-hybridized carbons (Fsp3) is 0.100. The summed E-state index contributed by atoms with van der Waals surface area (Å²) < 4.78 is 8.86. The molecular weight excluding hydrogens is 383 g/mol. The third kappa shape index (κ3) is 4.10. The van der Waals surface area contributed by atoms with Crippen LogP contribution in [0.4, 0.5) is 0 Å². The Balaban J connectivity index is 1.64. The van der Waals surface area contributed by atoms with Crippen LogP contribution in [-0.4, -0.2) is 0 Å². The first kappa shape index (κ1) is 15.1. The third-order valence-electron chi connectivity index (χ3n) is 3.35. The molecule has 0 amide bonds. The first-order valence-electron chi connectivity index (χ1n) is 7.33. The second-order valence-corrected chi connectivity index (χ2v) is 8.05. The molecule has 0 N–H and O–H groups in total. The van der Waals surface area contributed by atoms with E-state index in [0.29, 0.717) is 0 Å². The van der Waals surface area contributed by atoms with Gasteiger partial charge in [-0.25, -0.2) is 0 Å². The van der Waals surface area contributed by atoms with Crippen molar-refractivity contribution in [3.8, 4) is 5.75 Å². The van der Waals surface area contributed by atoms with Crippen molar-refractivity contribution < 1.29 is 25.9 Å². The summed E-state index contributed by atoms with van der Waals surface area (Å²) in [7, 11) is 0. The molecular formula is C20H18IO-. The minimum absolute atomic E-state index is 0.0656. The normalized spacial score (nSPS) is 12.0. The molecule has 1 unspecified atom stereocenters. The van der Waals surface area contributed by atoms with Crippen molar-refractivity contribution in [2.75, 3.05) is 0 Å². The Labute approximate surface area is 142 Å². The van der Waals surface area contributed by atoms with E-state index in [4.69, 9.17) is 4.74 Å². The summed E-state index contributed by atoms with van der Waals surface area (Å²) in [6.45, 7) is 2.08. The summed E-state index contributed by atoms with van der Waals surface area (Å²) in [4.78, 5) is 0. The summed E-state index contributed by atoms with van der Waals surface area (Å²) in [5, 5.41) is 0. The number of benzene rings is 3. The zero-order valence-electron chi connectivity index (χ0n) is 12.4. The molecule has 22 heavy (non-hydrogen) atoms. The molecule has 0 aliphatic heterocycles. The van der Waals surface area contributed by atoms with E-state index in [1.54, 1.807) is 0 Å². The van der Waals surface area contributed by atoms with Crippen LogP contribution in [0.3, 0.4) is 0 Å². The van der Waals surface area contributed by atoms with Gasteiger partial charge in [0.1, 0.15) is 0 Å². The van der Waals surface area contributed by atoms with Crippen molar-refractivity contribution in [2.24, 2.45) is 0 Å². The fourth-order valence-electron chi connectivity index (χ4n) is 2.18. The van der Waals surface area contributed by atoms with E-state index in [1.807, 2.05) is 18.2 Å². The van der Waals surface area contributed by atoms with Crippen LogP contribution in [0.25, 0.3) is 0 Å². The van der Waals surface area contributed by atoms with Gasteiger partial charge in [-0.2, -0.15) is 0 Å². The summed E-state index contributed by atoms with van der Waals surface area (Å²) in [6.07, 6.45) is 0.0656. The molecule has 1 atom stereocenters. The first-order valence-corrected chi connectivity index (χ1v) is 9.48. The molecule has 0 aromatic heterocycles. The summed E-state index contributed by atoms with van der Waals surface area (Å²) in [5.74, 6) is 0.928. The Morgan fingerprint density at radius 3 is 1.86 bits per heavy atom. The van der Waals surface area contributed by atoms with Crippen LogP contribution in [0, 0.1) is 7.14 Å². The third-order valence-corrected chi connectivity index (χ3v) is 6.03. The van der Waals surface area contributed by atoms with Gasteiger partial charge in [-0.3, -0.25) is 0 Å².